The molecule has 1 aliphatic heterocycles. The van der Waals surface area contributed by atoms with Gasteiger partial charge < -0.3 is 14.6 Å². The van der Waals surface area contributed by atoms with Gasteiger partial charge in [0, 0.05) is 36.6 Å². The van der Waals surface area contributed by atoms with Crippen LogP contribution in [0.25, 0.3) is 10.9 Å². The Morgan fingerprint density at radius 3 is 2.72 bits per heavy atom. The molecule has 0 saturated carbocycles. The topological polar surface area (TPSA) is 79.5 Å². The smallest absolute Gasteiger partial charge is 0.305 e. The predicted octanol–water partition coefficient (Wildman–Crippen LogP) is 2.08. The summed E-state index contributed by atoms with van der Waals surface area (Å²) in [6, 6.07) is 3.86. The number of halogens is 1. The van der Waals surface area contributed by atoms with Gasteiger partial charge in [-0.15, -0.1) is 0 Å². The van der Waals surface area contributed by atoms with Gasteiger partial charge in [-0.05, 0) is 37.0 Å². The number of H-pyrrole nitrogens is 1. The zero-order valence-electron chi connectivity index (χ0n) is 13.9. The Bertz CT molecular complexity index is 869. The number of piperidine rings is 1. The first-order chi connectivity index (χ1) is 12.0. The van der Waals surface area contributed by atoms with Crippen molar-refractivity contribution in [3.05, 3.63) is 46.0 Å². The van der Waals surface area contributed by atoms with Gasteiger partial charge >= 0.3 is 5.97 Å². The number of ether oxygens (including phenoxy) is 1. The Kier molecular flexibility index (Phi) is 4.83. The molecule has 1 fully saturated rings. The molecule has 0 atom stereocenters. The minimum absolute atomic E-state index is 0.00418. The fourth-order valence-electron chi connectivity index (χ4n) is 3.18. The third kappa shape index (κ3) is 3.55. The third-order valence-corrected chi connectivity index (χ3v) is 4.66. The summed E-state index contributed by atoms with van der Waals surface area (Å²) in [5, 5.41) is 0.159. The number of aromatic amines is 1. The lowest BCUT2D eigenvalue weighted by Gasteiger charge is -2.31. The number of carbonyl (C=O) groups is 2. The van der Waals surface area contributed by atoms with Crippen LogP contribution in [0.2, 0.25) is 0 Å². The number of esters is 1. The van der Waals surface area contributed by atoms with Gasteiger partial charge in [-0.1, -0.05) is 0 Å². The van der Waals surface area contributed by atoms with Gasteiger partial charge in [-0.25, -0.2) is 4.39 Å². The first kappa shape index (κ1) is 17.1. The average Bonchev–Trinajstić information content (AvgIpc) is 2.62. The Morgan fingerprint density at radius 1 is 1.32 bits per heavy atom. The summed E-state index contributed by atoms with van der Waals surface area (Å²) in [4.78, 5) is 41.0. The van der Waals surface area contributed by atoms with Crippen LogP contribution >= 0.6 is 0 Å². The highest BCUT2D eigenvalue weighted by Gasteiger charge is 2.26. The minimum atomic E-state index is -0.522. The Morgan fingerprint density at radius 2 is 2.04 bits per heavy atom. The van der Waals surface area contributed by atoms with E-state index in [1.807, 2.05) is 0 Å². The van der Waals surface area contributed by atoms with Gasteiger partial charge in [-0.3, -0.25) is 14.4 Å². The van der Waals surface area contributed by atoms with Gasteiger partial charge in [0.15, 0.2) is 0 Å². The van der Waals surface area contributed by atoms with Crippen LogP contribution in [0.3, 0.4) is 0 Å². The maximum absolute atomic E-state index is 13.4. The second kappa shape index (κ2) is 7.04. The third-order valence-electron chi connectivity index (χ3n) is 4.66. The lowest BCUT2D eigenvalue weighted by atomic mass is 9.93. The quantitative estimate of drug-likeness (QED) is 0.863. The van der Waals surface area contributed by atoms with E-state index < -0.39 is 11.2 Å². The van der Waals surface area contributed by atoms with E-state index in [4.69, 9.17) is 0 Å². The zero-order chi connectivity index (χ0) is 18.0. The molecule has 1 aliphatic rings. The summed E-state index contributed by atoms with van der Waals surface area (Å²) in [6.07, 6.45) is 3.09. The molecule has 1 aromatic heterocycles. The molecule has 6 nitrogen and oxygen atoms in total. The lowest BCUT2D eigenvalue weighted by molar-refractivity contribution is -0.142. The molecule has 25 heavy (non-hydrogen) atoms. The van der Waals surface area contributed by atoms with Crippen molar-refractivity contribution >= 4 is 22.8 Å². The fourth-order valence-corrected chi connectivity index (χ4v) is 3.18. The van der Waals surface area contributed by atoms with Crippen molar-refractivity contribution in [2.45, 2.75) is 19.3 Å². The van der Waals surface area contributed by atoms with E-state index in [2.05, 4.69) is 9.72 Å². The van der Waals surface area contributed by atoms with Crippen LogP contribution in [-0.4, -0.2) is 42.0 Å². The van der Waals surface area contributed by atoms with Crippen molar-refractivity contribution in [1.29, 1.82) is 0 Å². The van der Waals surface area contributed by atoms with Crippen molar-refractivity contribution in [2.75, 3.05) is 20.2 Å². The van der Waals surface area contributed by atoms with Gasteiger partial charge in [0.1, 0.15) is 11.4 Å². The molecule has 0 unspecified atom stereocenters. The van der Waals surface area contributed by atoms with Crippen LogP contribution in [0, 0.1) is 11.7 Å². The lowest BCUT2D eigenvalue weighted by Crippen LogP contribution is -2.40. The summed E-state index contributed by atoms with van der Waals surface area (Å²) in [5.41, 5.74) is 0.0131. The highest BCUT2D eigenvalue weighted by atomic mass is 19.1. The normalized spacial score (nSPS) is 15.4. The molecular weight excluding hydrogens is 327 g/mol. The zero-order valence-corrected chi connectivity index (χ0v) is 13.9. The van der Waals surface area contributed by atoms with Gasteiger partial charge in [0.2, 0.25) is 5.43 Å². The van der Waals surface area contributed by atoms with E-state index in [1.165, 1.54) is 25.4 Å². The largest absolute Gasteiger partial charge is 0.469 e. The highest BCUT2D eigenvalue weighted by Crippen LogP contribution is 2.22. The maximum Gasteiger partial charge on any atom is 0.305 e. The molecule has 1 aromatic carbocycles. The fraction of sp³-hybridized carbons (Fsp3) is 0.389. The first-order valence-electron chi connectivity index (χ1n) is 8.16. The molecule has 1 saturated heterocycles. The maximum atomic E-state index is 13.4. The van der Waals surface area contributed by atoms with Crippen molar-refractivity contribution in [1.82, 2.24) is 9.88 Å². The summed E-state index contributed by atoms with van der Waals surface area (Å²) in [5.74, 6) is -0.964. The number of benzene rings is 1. The molecule has 7 heteroatoms. The van der Waals surface area contributed by atoms with E-state index in [0.717, 1.165) is 6.07 Å². The average molecular weight is 346 g/mol. The van der Waals surface area contributed by atoms with Crippen molar-refractivity contribution in [3.8, 4) is 0 Å². The molecule has 2 aromatic rings. The molecule has 0 bridgehead atoms. The Hall–Kier alpha value is -2.70. The number of methoxy groups -OCH3 is 1. The Balaban J connectivity index is 1.76. The SMILES string of the molecule is COC(=O)CC1CCN(C(=O)c2c[nH]c3ccc(F)cc3c2=O)CC1. The summed E-state index contributed by atoms with van der Waals surface area (Å²) >= 11 is 0. The monoisotopic (exact) mass is 346 g/mol. The number of amides is 1. The minimum Gasteiger partial charge on any atom is -0.469 e. The molecule has 1 amide bonds. The van der Waals surface area contributed by atoms with Crippen LogP contribution in [0.15, 0.2) is 29.2 Å². The van der Waals surface area contributed by atoms with Crippen molar-refractivity contribution in [3.63, 3.8) is 0 Å². The van der Waals surface area contributed by atoms with Crippen molar-refractivity contribution < 1.29 is 18.7 Å². The number of aromatic nitrogens is 1. The second-order valence-electron chi connectivity index (χ2n) is 6.24. The number of carbonyl (C=O) groups excluding carboxylic acids is 2. The van der Waals surface area contributed by atoms with Crippen LogP contribution in [0.4, 0.5) is 4.39 Å². The molecule has 0 radical (unpaired) electrons. The van der Waals surface area contributed by atoms with E-state index in [1.54, 1.807) is 4.90 Å². The van der Waals surface area contributed by atoms with E-state index in [-0.39, 0.29) is 28.7 Å². The number of likely N-dealkylation sites (tertiary alicyclic amines) is 1. The standard InChI is InChI=1S/C18H19FN2O4/c1-25-16(22)8-11-4-6-21(7-5-11)18(24)14-10-20-15-3-2-12(19)9-13(15)17(14)23/h2-3,9-11H,4-8H2,1H3,(H,20,23). The Labute approximate surface area is 143 Å². The molecule has 0 spiro atoms. The van der Waals surface area contributed by atoms with Gasteiger partial charge in [0.25, 0.3) is 5.91 Å². The molecule has 132 valence electrons. The van der Waals surface area contributed by atoms with E-state index in [9.17, 15) is 18.8 Å². The molecular formula is C18H19FN2O4. The number of rotatable bonds is 3. The highest BCUT2D eigenvalue weighted by molar-refractivity contribution is 5.97. The number of hydrogen-bond acceptors (Lipinski definition) is 4. The van der Waals surface area contributed by atoms with Gasteiger partial charge in [0.05, 0.1) is 7.11 Å². The van der Waals surface area contributed by atoms with Crippen molar-refractivity contribution in [2.24, 2.45) is 5.92 Å². The summed E-state index contributed by atoms with van der Waals surface area (Å²) in [7, 11) is 1.36. The second-order valence-corrected chi connectivity index (χ2v) is 6.24. The number of fused-ring (bicyclic) bond motifs is 1. The van der Waals surface area contributed by atoms with E-state index in [0.29, 0.717) is 37.9 Å². The van der Waals surface area contributed by atoms with Crippen LogP contribution in [0.5, 0.6) is 0 Å². The summed E-state index contributed by atoms with van der Waals surface area (Å²) in [6.45, 7) is 0.947. The molecule has 2 heterocycles. The molecule has 3 rings (SSSR count). The van der Waals surface area contributed by atoms with Gasteiger partial charge in [-0.2, -0.15) is 0 Å². The van der Waals surface area contributed by atoms with Crippen LogP contribution < -0.4 is 5.43 Å². The molecule has 0 aliphatic carbocycles. The summed E-state index contributed by atoms with van der Waals surface area (Å²) < 4.78 is 18.1. The molecule has 1 N–H and O–H groups in total. The first-order valence-corrected chi connectivity index (χ1v) is 8.16. The number of nitrogens with zero attached hydrogens (tertiary/aromatic N) is 1. The number of hydrogen-bond donors (Lipinski definition) is 1. The van der Waals surface area contributed by atoms with E-state index >= 15 is 0 Å². The number of nitrogens with one attached hydrogen (secondary N) is 1. The predicted molar refractivity (Wildman–Crippen MR) is 89.8 cm³/mol. The van der Waals surface area contributed by atoms with Crippen LogP contribution in [-0.2, 0) is 9.53 Å². The number of pyridine rings is 1. The van der Waals surface area contributed by atoms with Crippen LogP contribution in [0.1, 0.15) is 29.6 Å².